The first kappa shape index (κ1) is 10.4. The lowest BCUT2D eigenvalue weighted by Gasteiger charge is -2.05. The van der Waals surface area contributed by atoms with E-state index in [9.17, 15) is 0 Å². The molecular weight excluding hydrogens is 186 g/mol. The van der Waals surface area contributed by atoms with Crippen LogP contribution >= 0.6 is 0 Å². The van der Waals surface area contributed by atoms with Crippen molar-refractivity contribution in [2.24, 2.45) is 5.84 Å². The highest BCUT2D eigenvalue weighted by molar-refractivity contribution is 5.38. The van der Waals surface area contributed by atoms with Crippen LogP contribution in [0, 0.1) is 0 Å². The second-order valence-electron chi connectivity index (χ2n) is 2.49. The molecule has 14 heavy (non-hydrogen) atoms. The molecule has 0 saturated carbocycles. The van der Waals surface area contributed by atoms with E-state index >= 15 is 0 Å². The van der Waals surface area contributed by atoms with Gasteiger partial charge in [-0.25, -0.2) is 5.84 Å². The maximum atomic E-state index is 8.55. The predicted octanol–water partition coefficient (Wildman–Crippen LogP) is -1.47. The molecule has 0 bridgehead atoms. The molecule has 1 aromatic heterocycles. The summed E-state index contributed by atoms with van der Waals surface area (Å²) >= 11 is 0. The zero-order valence-corrected chi connectivity index (χ0v) is 7.56. The number of nitrogens with two attached hydrogens (primary N) is 2. The molecule has 0 unspecified atom stereocenters. The van der Waals surface area contributed by atoms with Crippen LogP contribution in [0.3, 0.4) is 0 Å². The number of anilines is 3. The molecule has 0 amide bonds. The van der Waals surface area contributed by atoms with Crippen molar-refractivity contribution in [3.05, 3.63) is 0 Å². The SMILES string of the molecule is NNc1nc(N)nc(NCCCO)n1. The third-order valence-electron chi connectivity index (χ3n) is 1.40. The van der Waals surface area contributed by atoms with Gasteiger partial charge in [0.15, 0.2) is 0 Å². The van der Waals surface area contributed by atoms with E-state index in [1.165, 1.54) is 0 Å². The highest BCUT2D eigenvalue weighted by Gasteiger charge is 2.01. The van der Waals surface area contributed by atoms with Crippen molar-refractivity contribution >= 4 is 17.8 Å². The zero-order valence-electron chi connectivity index (χ0n) is 7.56. The first-order valence-corrected chi connectivity index (χ1v) is 4.09. The van der Waals surface area contributed by atoms with E-state index in [0.29, 0.717) is 18.9 Å². The highest BCUT2D eigenvalue weighted by atomic mass is 16.3. The largest absolute Gasteiger partial charge is 0.396 e. The van der Waals surface area contributed by atoms with Gasteiger partial charge < -0.3 is 16.2 Å². The average molecular weight is 199 g/mol. The van der Waals surface area contributed by atoms with E-state index in [1.807, 2.05) is 0 Å². The standard InChI is InChI=1S/C6H13N7O/c7-4-10-5(9-2-1-3-14)12-6(11-4)13-8/h14H,1-3,8H2,(H4,7,9,10,11,12,13). The van der Waals surface area contributed by atoms with E-state index < -0.39 is 0 Å². The van der Waals surface area contributed by atoms with Crippen molar-refractivity contribution in [2.75, 3.05) is 29.6 Å². The number of nitrogens with one attached hydrogen (secondary N) is 2. The first-order valence-electron chi connectivity index (χ1n) is 4.09. The normalized spacial score (nSPS) is 9.86. The minimum atomic E-state index is 0.0828. The Balaban J connectivity index is 2.62. The fraction of sp³-hybridized carbons (Fsp3) is 0.500. The number of hydrogen-bond donors (Lipinski definition) is 5. The number of rotatable bonds is 5. The Hall–Kier alpha value is -1.67. The quantitative estimate of drug-likeness (QED) is 0.220. The topological polar surface area (TPSA) is 135 Å². The fourth-order valence-corrected chi connectivity index (χ4v) is 0.815. The molecule has 8 nitrogen and oxygen atoms in total. The van der Waals surface area contributed by atoms with Crippen molar-refractivity contribution < 1.29 is 5.11 Å². The molecule has 0 aliphatic heterocycles. The Kier molecular flexibility index (Phi) is 3.83. The van der Waals surface area contributed by atoms with Crippen LogP contribution in [0.2, 0.25) is 0 Å². The fourth-order valence-electron chi connectivity index (χ4n) is 0.815. The molecule has 78 valence electrons. The summed E-state index contributed by atoms with van der Waals surface area (Å²) in [6, 6.07) is 0. The lowest BCUT2D eigenvalue weighted by Crippen LogP contribution is -2.15. The number of aromatic nitrogens is 3. The predicted molar refractivity (Wildman–Crippen MR) is 52.2 cm³/mol. The summed E-state index contributed by atoms with van der Waals surface area (Å²) in [6.45, 7) is 0.666. The number of nitrogens with zero attached hydrogens (tertiary/aromatic N) is 3. The first-order chi connectivity index (χ1) is 6.76. The molecule has 0 fully saturated rings. The van der Waals surface area contributed by atoms with E-state index in [4.69, 9.17) is 16.7 Å². The lowest BCUT2D eigenvalue weighted by molar-refractivity contribution is 0.292. The molecule has 0 spiro atoms. The molecular formula is C6H13N7O. The third kappa shape index (κ3) is 2.99. The van der Waals surface area contributed by atoms with Gasteiger partial charge in [-0.2, -0.15) is 15.0 Å². The van der Waals surface area contributed by atoms with Crippen molar-refractivity contribution in [1.82, 2.24) is 15.0 Å². The van der Waals surface area contributed by atoms with Gasteiger partial charge in [-0.3, -0.25) is 5.43 Å². The van der Waals surface area contributed by atoms with Crippen LogP contribution in [0.4, 0.5) is 17.8 Å². The van der Waals surface area contributed by atoms with E-state index in [-0.39, 0.29) is 18.5 Å². The summed E-state index contributed by atoms with van der Waals surface area (Å²) in [5, 5.41) is 11.4. The van der Waals surface area contributed by atoms with Crippen molar-refractivity contribution in [1.29, 1.82) is 0 Å². The minimum Gasteiger partial charge on any atom is -0.396 e. The second kappa shape index (κ2) is 5.14. The molecule has 8 heteroatoms. The van der Waals surface area contributed by atoms with Gasteiger partial charge in [-0.15, -0.1) is 0 Å². The Morgan fingerprint density at radius 1 is 1.21 bits per heavy atom. The van der Waals surface area contributed by atoms with E-state index in [1.54, 1.807) is 0 Å². The summed E-state index contributed by atoms with van der Waals surface area (Å²) in [5.41, 5.74) is 7.66. The summed E-state index contributed by atoms with van der Waals surface area (Å²) in [7, 11) is 0. The number of hydrazine groups is 1. The van der Waals surface area contributed by atoms with Gasteiger partial charge in [0.2, 0.25) is 17.8 Å². The molecule has 7 N–H and O–H groups in total. The highest BCUT2D eigenvalue weighted by Crippen LogP contribution is 2.04. The van der Waals surface area contributed by atoms with Gasteiger partial charge in [0.25, 0.3) is 0 Å². The Morgan fingerprint density at radius 2 is 1.93 bits per heavy atom. The Morgan fingerprint density at radius 3 is 2.57 bits per heavy atom. The number of hydrogen-bond acceptors (Lipinski definition) is 8. The number of aliphatic hydroxyl groups excluding tert-OH is 1. The summed E-state index contributed by atoms with van der Waals surface area (Å²) in [6.07, 6.45) is 0.608. The van der Waals surface area contributed by atoms with E-state index in [0.717, 1.165) is 0 Å². The van der Waals surface area contributed by atoms with Crippen LogP contribution in [0.1, 0.15) is 6.42 Å². The molecule has 1 aromatic rings. The molecule has 0 atom stereocenters. The van der Waals surface area contributed by atoms with Gasteiger partial charge in [0, 0.05) is 13.2 Å². The smallest absolute Gasteiger partial charge is 0.243 e. The Bertz CT molecular complexity index is 292. The van der Waals surface area contributed by atoms with Crippen molar-refractivity contribution in [3.8, 4) is 0 Å². The van der Waals surface area contributed by atoms with Gasteiger partial charge >= 0.3 is 0 Å². The molecule has 0 saturated heterocycles. The van der Waals surface area contributed by atoms with Crippen LogP contribution in [0.5, 0.6) is 0 Å². The lowest BCUT2D eigenvalue weighted by atomic mass is 10.4. The van der Waals surface area contributed by atoms with Crippen LogP contribution in [-0.2, 0) is 0 Å². The molecule has 0 aliphatic rings. The summed E-state index contributed by atoms with van der Waals surface area (Å²) in [4.78, 5) is 11.4. The van der Waals surface area contributed by atoms with Gasteiger partial charge in [-0.05, 0) is 6.42 Å². The van der Waals surface area contributed by atoms with Crippen molar-refractivity contribution in [2.45, 2.75) is 6.42 Å². The molecule has 1 rings (SSSR count). The van der Waals surface area contributed by atoms with Crippen LogP contribution in [0.25, 0.3) is 0 Å². The molecule has 1 heterocycles. The van der Waals surface area contributed by atoms with Gasteiger partial charge in [0.05, 0.1) is 0 Å². The molecule has 0 radical (unpaired) electrons. The monoisotopic (exact) mass is 199 g/mol. The summed E-state index contributed by atoms with van der Waals surface area (Å²) in [5.74, 6) is 5.73. The van der Waals surface area contributed by atoms with Gasteiger partial charge in [0.1, 0.15) is 0 Å². The van der Waals surface area contributed by atoms with Crippen LogP contribution in [0.15, 0.2) is 0 Å². The van der Waals surface area contributed by atoms with Crippen LogP contribution < -0.4 is 22.3 Å². The average Bonchev–Trinajstić information content (AvgIpc) is 2.17. The minimum absolute atomic E-state index is 0.0828. The second-order valence-corrected chi connectivity index (χ2v) is 2.49. The van der Waals surface area contributed by atoms with E-state index in [2.05, 4.69) is 25.7 Å². The number of nitrogen functional groups attached to an aromatic ring is 2. The van der Waals surface area contributed by atoms with Crippen LogP contribution in [-0.4, -0.2) is 33.2 Å². The zero-order chi connectivity index (χ0) is 10.4. The Labute approximate surface area is 80.7 Å². The van der Waals surface area contributed by atoms with Gasteiger partial charge in [-0.1, -0.05) is 0 Å². The molecule has 0 aliphatic carbocycles. The molecule has 0 aromatic carbocycles. The summed E-state index contributed by atoms with van der Waals surface area (Å²) < 4.78 is 0. The maximum absolute atomic E-state index is 8.55. The number of aliphatic hydroxyl groups is 1. The maximum Gasteiger partial charge on any atom is 0.243 e. The van der Waals surface area contributed by atoms with Crippen molar-refractivity contribution in [3.63, 3.8) is 0 Å². The third-order valence-corrected chi connectivity index (χ3v) is 1.40.